The fraction of sp³-hybridized carbons (Fsp3) is 0.154. The van der Waals surface area contributed by atoms with E-state index in [1.54, 1.807) is 6.21 Å². The van der Waals surface area contributed by atoms with Gasteiger partial charge >= 0.3 is 0 Å². The van der Waals surface area contributed by atoms with Crippen molar-refractivity contribution in [2.24, 2.45) is 5.10 Å². The van der Waals surface area contributed by atoms with Crippen LogP contribution in [0.15, 0.2) is 84.1 Å². The first kappa shape index (κ1) is 19.6. The van der Waals surface area contributed by atoms with Crippen molar-refractivity contribution in [3.63, 3.8) is 0 Å². The number of carbonyl (C=O) groups is 1. The summed E-state index contributed by atoms with van der Waals surface area (Å²) in [5.41, 5.74) is 9.37. The SMILES string of the molecule is Cc1ccc(CC(=O)N/N=C\c2cn(Cc3ccccc3)c3ccccc23)c(C)c1. The Hall–Kier alpha value is -3.66. The lowest BCUT2D eigenvalue weighted by molar-refractivity contribution is -0.120. The van der Waals surface area contributed by atoms with Crippen LogP contribution in [0.1, 0.15) is 27.8 Å². The third-order valence-electron chi connectivity index (χ3n) is 5.26. The topological polar surface area (TPSA) is 46.4 Å². The van der Waals surface area contributed by atoms with Crippen molar-refractivity contribution in [3.8, 4) is 0 Å². The van der Waals surface area contributed by atoms with Crippen molar-refractivity contribution in [3.05, 3.63) is 107 Å². The standard InChI is InChI=1S/C26H25N3O/c1-19-12-13-22(20(2)14-19)15-26(30)28-27-16-23-18-29(17-21-8-4-3-5-9-21)25-11-7-6-10-24(23)25/h3-14,16,18H,15,17H2,1-2H3,(H,28,30)/b27-16-. The van der Waals surface area contributed by atoms with Crippen LogP contribution in [-0.2, 0) is 17.8 Å². The Kier molecular flexibility index (Phi) is 5.75. The van der Waals surface area contributed by atoms with Crippen molar-refractivity contribution in [2.75, 3.05) is 0 Å². The van der Waals surface area contributed by atoms with Crippen LogP contribution in [0, 0.1) is 13.8 Å². The Morgan fingerprint density at radius 1 is 1.00 bits per heavy atom. The smallest absolute Gasteiger partial charge is 0.244 e. The Balaban J connectivity index is 1.49. The minimum absolute atomic E-state index is 0.119. The summed E-state index contributed by atoms with van der Waals surface area (Å²) < 4.78 is 2.21. The molecule has 0 saturated heterocycles. The molecule has 150 valence electrons. The highest BCUT2D eigenvalue weighted by Gasteiger charge is 2.08. The van der Waals surface area contributed by atoms with Gasteiger partial charge in [-0.3, -0.25) is 4.79 Å². The lowest BCUT2D eigenvalue weighted by Gasteiger charge is -2.05. The van der Waals surface area contributed by atoms with Gasteiger partial charge in [-0.25, -0.2) is 5.43 Å². The molecule has 4 rings (SSSR count). The van der Waals surface area contributed by atoms with Crippen molar-refractivity contribution >= 4 is 23.0 Å². The maximum Gasteiger partial charge on any atom is 0.244 e. The summed E-state index contributed by atoms with van der Waals surface area (Å²) in [5.74, 6) is -0.119. The molecule has 0 atom stereocenters. The fourth-order valence-corrected chi connectivity index (χ4v) is 3.72. The number of aryl methyl sites for hydroxylation is 2. The van der Waals surface area contributed by atoms with Crippen LogP contribution in [0.3, 0.4) is 0 Å². The van der Waals surface area contributed by atoms with E-state index < -0.39 is 0 Å². The molecule has 0 saturated carbocycles. The average molecular weight is 396 g/mol. The lowest BCUT2D eigenvalue weighted by atomic mass is 10.0. The molecule has 0 aliphatic rings. The Bertz CT molecular complexity index is 1210. The van der Waals surface area contributed by atoms with E-state index in [-0.39, 0.29) is 5.91 Å². The van der Waals surface area contributed by atoms with Crippen molar-refractivity contribution < 1.29 is 4.79 Å². The van der Waals surface area contributed by atoms with Crippen LogP contribution in [-0.4, -0.2) is 16.7 Å². The Morgan fingerprint density at radius 2 is 1.77 bits per heavy atom. The summed E-state index contributed by atoms with van der Waals surface area (Å²) in [5, 5.41) is 5.33. The molecular formula is C26H25N3O. The van der Waals surface area contributed by atoms with Gasteiger partial charge in [0.05, 0.1) is 12.6 Å². The highest BCUT2D eigenvalue weighted by atomic mass is 16.2. The third kappa shape index (κ3) is 4.49. The number of hydrazone groups is 1. The zero-order valence-corrected chi connectivity index (χ0v) is 17.3. The molecule has 0 radical (unpaired) electrons. The first-order chi connectivity index (χ1) is 14.6. The van der Waals surface area contributed by atoms with Gasteiger partial charge in [0.15, 0.2) is 0 Å². The van der Waals surface area contributed by atoms with Crippen molar-refractivity contribution in [1.82, 2.24) is 9.99 Å². The van der Waals surface area contributed by atoms with E-state index in [0.29, 0.717) is 6.42 Å². The Morgan fingerprint density at radius 3 is 2.57 bits per heavy atom. The number of rotatable bonds is 6. The number of benzene rings is 3. The normalized spacial score (nSPS) is 11.3. The van der Waals surface area contributed by atoms with Crippen molar-refractivity contribution in [2.45, 2.75) is 26.8 Å². The summed E-state index contributed by atoms with van der Waals surface area (Å²) in [6.45, 7) is 4.87. The molecule has 0 aliphatic heterocycles. The van der Waals surface area contributed by atoms with Crippen LogP contribution in [0.5, 0.6) is 0 Å². The first-order valence-corrected chi connectivity index (χ1v) is 10.1. The monoisotopic (exact) mass is 395 g/mol. The molecular weight excluding hydrogens is 370 g/mol. The van der Waals surface area contributed by atoms with Gasteiger partial charge in [-0.15, -0.1) is 0 Å². The minimum atomic E-state index is -0.119. The number of hydrogen-bond donors (Lipinski definition) is 1. The predicted molar refractivity (Wildman–Crippen MR) is 123 cm³/mol. The van der Waals surface area contributed by atoms with Gasteiger partial charge in [-0.05, 0) is 36.6 Å². The molecule has 30 heavy (non-hydrogen) atoms. The van der Waals surface area contributed by atoms with Gasteiger partial charge in [0.2, 0.25) is 5.91 Å². The summed E-state index contributed by atoms with van der Waals surface area (Å²) in [4.78, 5) is 12.3. The second-order valence-corrected chi connectivity index (χ2v) is 7.61. The number of para-hydroxylation sites is 1. The van der Waals surface area contributed by atoms with E-state index in [9.17, 15) is 4.79 Å². The molecule has 0 fully saturated rings. The largest absolute Gasteiger partial charge is 0.342 e. The third-order valence-corrected chi connectivity index (χ3v) is 5.26. The average Bonchev–Trinajstić information content (AvgIpc) is 3.08. The second kappa shape index (κ2) is 8.78. The number of fused-ring (bicyclic) bond motifs is 1. The second-order valence-electron chi connectivity index (χ2n) is 7.61. The number of amides is 1. The zero-order valence-electron chi connectivity index (χ0n) is 17.3. The molecule has 0 spiro atoms. The maximum atomic E-state index is 12.3. The molecule has 0 unspecified atom stereocenters. The van der Waals surface area contributed by atoms with E-state index >= 15 is 0 Å². The zero-order chi connectivity index (χ0) is 20.9. The molecule has 0 aliphatic carbocycles. The molecule has 1 heterocycles. The maximum absolute atomic E-state index is 12.3. The van der Waals surface area contributed by atoms with Crippen LogP contribution >= 0.6 is 0 Å². The van der Waals surface area contributed by atoms with Gasteiger partial charge < -0.3 is 4.57 Å². The van der Waals surface area contributed by atoms with E-state index in [1.165, 1.54) is 11.1 Å². The molecule has 1 aromatic heterocycles. The fourth-order valence-electron chi connectivity index (χ4n) is 3.72. The van der Waals surface area contributed by atoms with E-state index in [4.69, 9.17) is 0 Å². The number of nitrogens with one attached hydrogen (secondary N) is 1. The van der Waals surface area contributed by atoms with E-state index in [1.807, 2.05) is 37.3 Å². The summed E-state index contributed by atoms with van der Waals surface area (Å²) in [6, 6.07) is 24.7. The van der Waals surface area contributed by atoms with Crippen LogP contribution in [0.4, 0.5) is 0 Å². The van der Waals surface area contributed by atoms with Gasteiger partial charge in [-0.1, -0.05) is 72.3 Å². The van der Waals surface area contributed by atoms with E-state index in [0.717, 1.165) is 34.1 Å². The number of carbonyl (C=O) groups excluding carboxylic acids is 1. The first-order valence-electron chi connectivity index (χ1n) is 10.1. The van der Waals surface area contributed by atoms with Crippen LogP contribution < -0.4 is 5.43 Å². The number of hydrogen-bond acceptors (Lipinski definition) is 2. The highest BCUT2D eigenvalue weighted by Crippen LogP contribution is 2.21. The Labute approximate surface area is 176 Å². The molecule has 4 nitrogen and oxygen atoms in total. The lowest BCUT2D eigenvalue weighted by Crippen LogP contribution is -2.20. The molecule has 3 aromatic carbocycles. The molecule has 0 bridgehead atoms. The molecule has 4 aromatic rings. The highest BCUT2D eigenvalue weighted by molar-refractivity contribution is 5.99. The summed E-state index contributed by atoms with van der Waals surface area (Å²) in [6.07, 6.45) is 4.13. The van der Waals surface area contributed by atoms with Gasteiger partial charge in [0.1, 0.15) is 0 Å². The molecule has 1 N–H and O–H groups in total. The quantitative estimate of drug-likeness (QED) is 0.362. The number of aromatic nitrogens is 1. The number of nitrogens with zero attached hydrogens (tertiary/aromatic N) is 2. The van der Waals surface area contributed by atoms with Crippen LogP contribution in [0.2, 0.25) is 0 Å². The van der Waals surface area contributed by atoms with Crippen LogP contribution in [0.25, 0.3) is 10.9 Å². The molecule has 4 heteroatoms. The van der Waals surface area contributed by atoms with Crippen molar-refractivity contribution in [1.29, 1.82) is 0 Å². The molecule has 1 amide bonds. The van der Waals surface area contributed by atoms with Gasteiger partial charge in [0.25, 0.3) is 0 Å². The summed E-state index contributed by atoms with van der Waals surface area (Å²) in [7, 11) is 0. The van der Waals surface area contributed by atoms with E-state index in [2.05, 4.69) is 70.7 Å². The van der Waals surface area contributed by atoms with Gasteiger partial charge in [0, 0.05) is 29.2 Å². The van der Waals surface area contributed by atoms with Gasteiger partial charge in [-0.2, -0.15) is 5.10 Å². The summed E-state index contributed by atoms with van der Waals surface area (Å²) >= 11 is 0. The minimum Gasteiger partial charge on any atom is -0.342 e. The predicted octanol–water partition coefficient (Wildman–Crippen LogP) is 5.00.